The Balaban J connectivity index is 2.09. The number of alkyl halides is 2. The molecule has 0 atom stereocenters. The Morgan fingerprint density at radius 3 is 1.64 bits per heavy atom. The minimum Gasteiger partial charge on any atom is -0.211 e. The van der Waals surface area contributed by atoms with Crippen molar-refractivity contribution >= 4 is 40.5 Å². The van der Waals surface area contributed by atoms with Gasteiger partial charge >= 0.3 is 4.59 Å². The molecule has 0 aliphatic rings. The Bertz CT molecular complexity index is 1130. The van der Waals surface area contributed by atoms with Crippen LogP contribution in [0.1, 0.15) is 0 Å². The van der Waals surface area contributed by atoms with Crippen LogP contribution in [0.2, 0.25) is 0 Å². The lowest BCUT2D eigenvalue weighted by Crippen LogP contribution is -2.22. The molecule has 126 valence electrons. The standard InChI is InChI=1S/C19H13F2O2S2/c20-19(21,25(22,23)14-8-2-1-3-9-14)24-17-12-6-4-10-15(17)16-11-5-7-13-18(16)24/h1-13H/q+1. The van der Waals surface area contributed by atoms with Crippen molar-refractivity contribution in [2.75, 3.05) is 0 Å². The quantitative estimate of drug-likeness (QED) is 0.429. The molecule has 2 nitrogen and oxygen atoms in total. The number of fused-ring (bicyclic) bond motifs is 3. The van der Waals surface area contributed by atoms with Crippen LogP contribution in [0.15, 0.2) is 83.8 Å². The summed E-state index contributed by atoms with van der Waals surface area (Å²) in [5.41, 5.74) is 0. The average molecular weight is 375 g/mol. The molecule has 0 bridgehead atoms. The fraction of sp³-hybridized carbons (Fsp3) is 0.0526. The first kappa shape index (κ1) is 16.2. The lowest BCUT2D eigenvalue weighted by molar-refractivity contribution is 0.145. The van der Waals surface area contributed by atoms with E-state index >= 15 is 8.78 Å². The molecule has 0 fully saturated rings. The number of halogens is 2. The maximum Gasteiger partial charge on any atom is 0.543 e. The maximum absolute atomic E-state index is 15.4. The summed E-state index contributed by atoms with van der Waals surface area (Å²) < 4.78 is 53.0. The number of hydrogen-bond donors (Lipinski definition) is 0. The number of benzene rings is 3. The van der Waals surface area contributed by atoms with Gasteiger partial charge in [-0.2, -0.15) is 0 Å². The molecule has 0 aliphatic heterocycles. The van der Waals surface area contributed by atoms with Gasteiger partial charge in [-0.1, -0.05) is 42.5 Å². The lowest BCUT2D eigenvalue weighted by Gasteiger charge is -2.10. The minimum absolute atomic E-state index is 0.366. The molecule has 3 aromatic carbocycles. The van der Waals surface area contributed by atoms with Crippen LogP contribution in [-0.2, 0) is 14.4 Å². The maximum atomic E-state index is 15.4. The fourth-order valence-electron chi connectivity index (χ4n) is 2.96. The van der Waals surface area contributed by atoms with Gasteiger partial charge in [-0.25, -0.2) is 8.42 Å². The van der Waals surface area contributed by atoms with E-state index in [1.807, 2.05) is 0 Å². The van der Waals surface area contributed by atoms with Crippen LogP contribution in [-0.4, -0.2) is 8.42 Å². The summed E-state index contributed by atoms with van der Waals surface area (Å²) in [5.74, 6) is 0. The van der Waals surface area contributed by atoms with Gasteiger partial charge in [0.25, 0.3) is 9.84 Å². The zero-order valence-electron chi connectivity index (χ0n) is 12.9. The normalized spacial score (nSPS) is 12.7. The minimum atomic E-state index is -4.83. The predicted octanol–water partition coefficient (Wildman–Crippen LogP) is 5.72. The smallest absolute Gasteiger partial charge is 0.211 e. The number of hydrogen-bond acceptors (Lipinski definition) is 2. The van der Waals surface area contributed by atoms with Crippen LogP contribution in [0.3, 0.4) is 0 Å². The van der Waals surface area contributed by atoms with E-state index in [2.05, 4.69) is 0 Å². The summed E-state index contributed by atoms with van der Waals surface area (Å²) in [4.78, 5) is -0.366. The molecule has 0 spiro atoms. The van der Waals surface area contributed by atoms with Crippen LogP contribution in [0, 0.1) is 0 Å². The third-order valence-corrected chi connectivity index (χ3v) is 8.85. The Kier molecular flexibility index (Phi) is 3.63. The highest BCUT2D eigenvalue weighted by Gasteiger charge is 2.59. The third kappa shape index (κ3) is 2.28. The predicted molar refractivity (Wildman–Crippen MR) is 97.8 cm³/mol. The van der Waals surface area contributed by atoms with Crippen molar-refractivity contribution in [1.29, 1.82) is 0 Å². The van der Waals surface area contributed by atoms with Gasteiger partial charge in [0, 0.05) is 10.8 Å². The molecule has 0 radical (unpaired) electrons. The first-order valence-corrected chi connectivity index (χ1v) is 10.3. The molecule has 4 aromatic rings. The van der Waals surface area contributed by atoms with Gasteiger partial charge in [-0.15, -0.1) is 8.78 Å². The van der Waals surface area contributed by atoms with Gasteiger partial charge in [0.2, 0.25) is 0 Å². The van der Waals surface area contributed by atoms with Gasteiger partial charge in [0.1, 0.15) is 0 Å². The Labute approximate surface area is 146 Å². The lowest BCUT2D eigenvalue weighted by atomic mass is 10.2. The molecule has 25 heavy (non-hydrogen) atoms. The van der Waals surface area contributed by atoms with Crippen LogP contribution in [0.4, 0.5) is 8.78 Å². The molecule has 0 saturated heterocycles. The number of rotatable bonds is 3. The van der Waals surface area contributed by atoms with E-state index in [0.717, 1.165) is 0 Å². The SMILES string of the molecule is O=S(=O)(c1ccccc1)C(F)(F)[s+]1c2ccccc2c2ccccc21. The Morgan fingerprint density at radius 2 is 1.12 bits per heavy atom. The first-order valence-electron chi connectivity index (χ1n) is 7.55. The van der Waals surface area contributed by atoms with Crippen molar-refractivity contribution in [2.24, 2.45) is 0 Å². The zero-order chi connectivity index (χ0) is 17.7. The summed E-state index contributed by atoms with van der Waals surface area (Å²) in [5, 5.41) is 1.34. The van der Waals surface area contributed by atoms with E-state index < -0.39 is 24.9 Å². The van der Waals surface area contributed by atoms with Gasteiger partial charge in [-0.05, 0) is 36.4 Å². The second kappa shape index (κ2) is 5.61. The summed E-state index contributed by atoms with van der Waals surface area (Å²) in [6.45, 7) is 0. The van der Waals surface area contributed by atoms with E-state index in [9.17, 15) is 8.42 Å². The van der Waals surface area contributed by atoms with Gasteiger partial charge in [0.05, 0.1) is 15.4 Å². The average Bonchev–Trinajstić information content (AvgIpc) is 2.97. The second-order valence-corrected chi connectivity index (χ2v) is 9.83. The van der Waals surface area contributed by atoms with Crippen molar-refractivity contribution in [3.05, 3.63) is 78.9 Å². The van der Waals surface area contributed by atoms with Crippen molar-refractivity contribution < 1.29 is 17.2 Å². The van der Waals surface area contributed by atoms with Gasteiger partial charge in [-0.3, -0.25) is 0 Å². The monoisotopic (exact) mass is 375 g/mol. The summed E-state index contributed by atoms with van der Waals surface area (Å²) in [6.07, 6.45) is 0. The Morgan fingerprint density at radius 1 is 0.680 bits per heavy atom. The summed E-state index contributed by atoms with van der Waals surface area (Å²) >= 11 is 0. The van der Waals surface area contributed by atoms with Crippen LogP contribution < -0.4 is 0 Å². The molecule has 1 heterocycles. The van der Waals surface area contributed by atoms with E-state index in [1.165, 1.54) is 24.3 Å². The molecule has 1 aromatic heterocycles. The molecular formula is C19H13F2O2S2+. The number of sulfone groups is 1. The third-order valence-electron chi connectivity index (χ3n) is 4.11. The van der Waals surface area contributed by atoms with Crippen molar-refractivity contribution in [2.45, 2.75) is 9.48 Å². The molecular weight excluding hydrogens is 362 g/mol. The van der Waals surface area contributed by atoms with Crippen molar-refractivity contribution in [3.8, 4) is 0 Å². The molecule has 0 saturated carbocycles. The highest BCUT2D eigenvalue weighted by molar-refractivity contribution is 7.96. The zero-order valence-corrected chi connectivity index (χ0v) is 14.5. The largest absolute Gasteiger partial charge is 0.543 e. The fourth-order valence-corrected chi connectivity index (χ4v) is 7.42. The highest BCUT2D eigenvalue weighted by atomic mass is 32.3. The van der Waals surface area contributed by atoms with Crippen LogP contribution >= 0.6 is 10.5 Å². The highest BCUT2D eigenvalue weighted by Crippen LogP contribution is 2.56. The topological polar surface area (TPSA) is 34.1 Å². The summed E-state index contributed by atoms with van der Waals surface area (Å²) in [7, 11) is -6.71. The van der Waals surface area contributed by atoms with Crippen molar-refractivity contribution in [3.63, 3.8) is 0 Å². The van der Waals surface area contributed by atoms with E-state index in [4.69, 9.17) is 0 Å². The molecule has 0 N–H and O–H groups in total. The van der Waals surface area contributed by atoms with Gasteiger partial charge < -0.3 is 0 Å². The van der Waals surface area contributed by atoms with E-state index in [0.29, 0.717) is 20.2 Å². The number of thiophene rings is 1. The summed E-state index contributed by atoms with van der Waals surface area (Å²) in [6, 6.07) is 20.5. The first-order chi connectivity index (χ1) is 11.9. The van der Waals surface area contributed by atoms with Gasteiger partial charge in [0.15, 0.2) is 9.40 Å². The molecule has 0 aliphatic carbocycles. The second-order valence-electron chi connectivity index (χ2n) is 5.58. The van der Waals surface area contributed by atoms with Crippen LogP contribution in [0.25, 0.3) is 20.2 Å². The van der Waals surface area contributed by atoms with Crippen molar-refractivity contribution in [1.82, 2.24) is 0 Å². The molecule has 0 unspecified atom stereocenters. The Hall–Kier alpha value is -2.31. The molecule has 4 rings (SSSR count). The van der Waals surface area contributed by atoms with E-state index in [-0.39, 0.29) is 4.90 Å². The molecule has 0 amide bonds. The van der Waals surface area contributed by atoms with Crippen LogP contribution in [0.5, 0.6) is 0 Å². The molecule has 6 heteroatoms. The van der Waals surface area contributed by atoms with E-state index in [1.54, 1.807) is 54.6 Å².